The number of phenols is 1. The van der Waals surface area contributed by atoms with E-state index in [2.05, 4.69) is 4.98 Å². The second-order valence-electron chi connectivity index (χ2n) is 8.82. The third-order valence-corrected chi connectivity index (χ3v) is 7.62. The molecule has 3 heterocycles. The number of anilines is 1. The molecule has 36 heavy (non-hydrogen) atoms. The highest BCUT2D eigenvalue weighted by Gasteiger charge is 2.48. The van der Waals surface area contributed by atoms with Crippen LogP contribution in [-0.2, 0) is 16.0 Å². The summed E-state index contributed by atoms with van der Waals surface area (Å²) in [6, 6.07) is 15.7. The van der Waals surface area contributed by atoms with Gasteiger partial charge in [0.15, 0.2) is 5.13 Å². The molecule has 1 aromatic heterocycles. The van der Waals surface area contributed by atoms with Crippen LogP contribution < -0.4 is 9.64 Å². The molecule has 1 fully saturated rings. The van der Waals surface area contributed by atoms with Crippen molar-refractivity contribution in [3.8, 4) is 11.5 Å². The lowest BCUT2D eigenvalue weighted by Gasteiger charge is -2.23. The van der Waals surface area contributed by atoms with Crippen molar-refractivity contribution in [3.63, 3.8) is 0 Å². The van der Waals surface area contributed by atoms with Crippen LogP contribution in [0, 0.1) is 0 Å². The minimum absolute atomic E-state index is 0.0208. The zero-order valence-corrected chi connectivity index (χ0v) is 20.5. The Labute approximate surface area is 214 Å². The van der Waals surface area contributed by atoms with E-state index >= 15 is 0 Å². The van der Waals surface area contributed by atoms with Crippen LogP contribution in [0.15, 0.2) is 66.2 Å². The van der Waals surface area contributed by atoms with Crippen LogP contribution in [0.2, 0.25) is 5.02 Å². The van der Waals surface area contributed by atoms with E-state index in [-0.39, 0.29) is 23.2 Å². The summed E-state index contributed by atoms with van der Waals surface area (Å²) < 4.78 is 6.51. The molecule has 7 nitrogen and oxygen atoms in total. The molecule has 0 spiro atoms. The number of fused-ring (bicyclic) bond motifs is 2. The largest absolute Gasteiger partial charge is 0.508 e. The summed E-state index contributed by atoms with van der Waals surface area (Å²) in [6.07, 6.45) is 0.702. The van der Waals surface area contributed by atoms with E-state index in [9.17, 15) is 19.8 Å². The number of carbonyl (C=O) groups excluding carboxylic acids is 2. The third kappa shape index (κ3) is 3.61. The highest BCUT2D eigenvalue weighted by molar-refractivity contribution is 7.22. The molecule has 3 aromatic carbocycles. The van der Waals surface area contributed by atoms with Gasteiger partial charge in [0, 0.05) is 17.0 Å². The fraction of sp³-hybridized carbons (Fsp3) is 0.148. The van der Waals surface area contributed by atoms with Crippen LogP contribution in [0.1, 0.15) is 29.7 Å². The Morgan fingerprint density at radius 1 is 1.11 bits per heavy atom. The number of halogens is 1. The van der Waals surface area contributed by atoms with Gasteiger partial charge in [-0.3, -0.25) is 14.5 Å². The summed E-state index contributed by atoms with van der Waals surface area (Å²) >= 11 is 7.36. The summed E-state index contributed by atoms with van der Waals surface area (Å²) in [4.78, 5) is 32.6. The molecule has 1 saturated heterocycles. The third-order valence-electron chi connectivity index (χ3n) is 6.37. The van der Waals surface area contributed by atoms with E-state index in [0.29, 0.717) is 33.2 Å². The first-order chi connectivity index (χ1) is 17.3. The molecule has 0 aliphatic carbocycles. The fourth-order valence-corrected chi connectivity index (χ4v) is 5.98. The maximum absolute atomic E-state index is 13.4. The predicted octanol–water partition coefficient (Wildman–Crippen LogP) is 5.61. The Balaban J connectivity index is 1.53. The SMILES string of the molecule is C[C@H]1Cc2cc(C(O)=C3C(=O)C(=O)N(c4nc5ccc(Cl)cc5s4)[C@@H]3c3ccc(O)cc3)ccc2O1. The molecule has 6 rings (SSSR count). The standard InChI is InChI=1S/C27H19ClN2O5S/c1-13-10-16-11-15(4-9-20(16)35-13)24(32)22-23(14-2-6-18(31)7-3-14)30(26(34)25(22)33)27-29-19-8-5-17(28)12-21(19)36-27/h2-9,11-13,23,31-32H,10H2,1H3/t13-,23+/m0/s1. The lowest BCUT2D eigenvalue weighted by Crippen LogP contribution is -2.29. The average Bonchev–Trinajstić information content (AvgIpc) is 3.51. The average molecular weight is 519 g/mol. The van der Waals surface area contributed by atoms with Crippen molar-refractivity contribution < 1.29 is 24.5 Å². The van der Waals surface area contributed by atoms with E-state index in [1.54, 1.807) is 48.5 Å². The van der Waals surface area contributed by atoms with Crippen molar-refractivity contribution >= 4 is 55.7 Å². The van der Waals surface area contributed by atoms with Crippen molar-refractivity contribution in [2.75, 3.05) is 4.90 Å². The number of hydrogen-bond donors (Lipinski definition) is 2. The topological polar surface area (TPSA) is 100.0 Å². The first kappa shape index (κ1) is 22.6. The number of ether oxygens (including phenoxy) is 1. The zero-order chi connectivity index (χ0) is 25.1. The monoisotopic (exact) mass is 518 g/mol. The Bertz CT molecular complexity index is 1590. The lowest BCUT2D eigenvalue weighted by molar-refractivity contribution is -0.132. The molecular formula is C27H19ClN2O5S. The number of thiazole rings is 1. The molecule has 2 N–H and O–H groups in total. The minimum Gasteiger partial charge on any atom is -0.508 e. The molecule has 4 aromatic rings. The van der Waals surface area contributed by atoms with Gasteiger partial charge in [-0.2, -0.15) is 0 Å². The number of aliphatic hydroxyl groups is 1. The Kier molecular flexibility index (Phi) is 5.24. The van der Waals surface area contributed by atoms with Gasteiger partial charge in [0.2, 0.25) is 0 Å². The number of rotatable bonds is 3. The van der Waals surface area contributed by atoms with Gasteiger partial charge in [0.25, 0.3) is 5.78 Å². The van der Waals surface area contributed by atoms with Crippen LogP contribution >= 0.6 is 22.9 Å². The number of nitrogens with zero attached hydrogens (tertiary/aromatic N) is 2. The molecule has 2 aliphatic rings. The first-order valence-electron chi connectivity index (χ1n) is 11.3. The van der Waals surface area contributed by atoms with Gasteiger partial charge in [-0.05, 0) is 66.6 Å². The number of aromatic hydroxyl groups is 1. The molecule has 0 saturated carbocycles. The molecule has 0 radical (unpaired) electrons. The summed E-state index contributed by atoms with van der Waals surface area (Å²) in [7, 11) is 0. The van der Waals surface area contributed by atoms with Crippen molar-refractivity contribution in [2.24, 2.45) is 0 Å². The summed E-state index contributed by atoms with van der Waals surface area (Å²) in [5, 5.41) is 22.1. The van der Waals surface area contributed by atoms with Gasteiger partial charge in [-0.25, -0.2) is 4.98 Å². The van der Waals surface area contributed by atoms with E-state index in [0.717, 1.165) is 16.0 Å². The molecule has 2 atom stereocenters. The molecule has 9 heteroatoms. The maximum Gasteiger partial charge on any atom is 0.301 e. The number of aliphatic hydroxyl groups excluding tert-OH is 1. The normalized spacial score (nSPS) is 20.7. The lowest BCUT2D eigenvalue weighted by atomic mass is 9.94. The Hall–Kier alpha value is -3.88. The van der Waals surface area contributed by atoms with Crippen molar-refractivity contribution in [3.05, 3.63) is 87.9 Å². The molecule has 1 amide bonds. The number of benzene rings is 3. The van der Waals surface area contributed by atoms with Crippen LogP contribution in [0.5, 0.6) is 11.5 Å². The van der Waals surface area contributed by atoms with Crippen molar-refractivity contribution in [1.29, 1.82) is 0 Å². The number of phenolic OH excluding ortho intramolecular Hbond substituents is 1. The summed E-state index contributed by atoms with van der Waals surface area (Å²) in [5.41, 5.74) is 2.48. The van der Waals surface area contributed by atoms with E-state index < -0.39 is 17.7 Å². The van der Waals surface area contributed by atoms with Crippen LogP contribution in [-0.4, -0.2) is 33.0 Å². The second-order valence-corrected chi connectivity index (χ2v) is 10.3. The quantitative estimate of drug-likeness (QED) is 0.208. The maximum atomic E-state index is 13.4. The van der Waals surface area contributed by atoms with Gasteiger partial charge in [-0.15, -0.1) is 0 Å². The first-order valence-corrected chi connectivity index (χ1v) is 12.5. The van der Waals surface area contributed by atoms with Gasteiger partial charge < -0.3 is 14.9 Å². The van der Waals surface area contributed by atoms with Gasteiger partial charge >= 0.3 is 5.91 Å². The number of ketones is 1. The van der Waals surface area contributed by atoms with E-state index in [1.165, 1.54) is 28.4 Å². The number of amides is 1. The second kappa shape index (κ2) is 8.36. The van der Waals surface area contributed by atoms with Crippen LogP contribution in [0.25, 0.3) is 16.0 Å². The highest BCUT2D eigenvalue weighted by Crippen LogP contribution is 2.45. The fourth-order valence-electron chi connectivity index (χ4n) is 4.72. The van der Waals surface area contributed by atoms with Crippen LogP contribution in [0.4, 0.5) is 5.13 Å². The number of hydrogen-bond acceptors (Lipinski definition) is 7. The smallest absolute Gasteiger partial charge is 0.301 e. The number of Topliss-reactive ketones (excluding diaryl/α,β-unsaturated/α-hetero) is 1. The van der Waals surface area contributed by atoms with Gasteiger partial charge in [0.1, 0.15) is 23.4 Å². The summed E-state index contributed by atoms with van der Waals surface area (Å²) in [5.74, 6) is -1.10. The molecular weight excluding hydrogens is 500 g/mol. The molecule has 2 aliphatic heterocycles. The minimum atomic E-state index is -0.940. The van der Waals surface area contributed by atoms with Gasteiger partial charge in [-0.1, -0.05) is 35.1 Å². The van der Waals surface area contributed by atoms with Crippen molar-refractivity contribution in [2.45, 2.75) is 25.5 Å². The number of aromatic nitrogens is 1. The summed E-state index contributed by atoms with van der Waals surface area (Å²) in [6.45, 7) is 1.96. The van der Waals surface area contributed by atoms with E-state index in [1.807, 2.05) is 6.92 Å². The molecule has 0 bridgehead atoms. The number of carbonyl (C=O) groups is 2. The Morgan fingerprint density at radius 2 is 1.89 bits per heavy atom. The molecule has 180 valence electrons. The van der Waals surface area contributed by atoms with E-state index in [4.69, 9.17) is 16.3 Å². The molecule has 0 unspecified atom stereocenters. The highest BCUT2D eigenvalue weighted by atomic mass is 35.5. The van der Waals surface area contributed by atoms with Crippen molar-refractivity contribution in [1.82, 2.24) is 4.98 Å². The Morgan fingerprint density at radius 3 is 2.67 bits per heavy atom. The van der Waals surface area contributed by atoms with Gasteiger partial charge in [0.05, 0.1) is 21.8 Å². The van der Waals surface area contributed by atoms with Crippen LogP contribution in [0.3, 0.4) is 0 Å². The predicted molar refractivity (Wildman–Crippen MR) is 138 cm³/mol. The zero-order valence-electron chi connectivity index (χ0n) is 18.9.